The fraction of sp³-hybridized carbons (Fsp3) is 0.0769. The Labute approximate surface area is 97.8 Å². The lowest BCUT2D eigenvalue weighted by molar-refractivity contribution is 1.44. The van der Waals surface area contributed by atoms with Crippen molar-refractivity contribution in [1.82, 2.24) is 0 Å². The Hall–Kier alpha value is -0.860. The molecule has 0 bridgehead atoms. The van der Waals surface area contributed by atoms with Gasteiger partial charge in [0.05, 0.1) is 0 Å². The van der Waals surface area contributed by atoms with Crippen LogP contribution in [0.1, 0.15) is 0 Å². The van der Waals surface area contributed by atoms with E-state index in [4.69, 9.17) is 0 Å². The van der Waals surface area contributed by atoms with Crippen LogP contribution in [0.4, 0.5) is 0 Å². The van der Waals surface area contributed by atoms with Crippen LogP contribution in [-0.2, 0) is 0 Å². The highest BCUT2D eigenvalue weighted by atomic mass is 32.2. The van der Waals surface area contributed by atoms with Crippen molar-refractivity contribution in [2.45, 2.75) is 9.79 Å². The smallest absolute Gasteiger partial charge is 0.0205 e. The van der Waals surface area contributed by atoms with Gasteiger partial charge in [0, 0.05) is 20.9 Å². The van der Waals surface area contributed by atoms with E-state index in [2.05, 4.69) is 47.9 Å². The van der Waals surface area contributed by atoms with Gasteiger partial charge in [-0.05, 0) is 22.9 Å². The maximum absolute atomic E-state index is 2.23. The quantitative estimate of drug-likeness (QED) is 0.651. The first-order valence-electron chi connectivity index (χ1n) is 4.91. The van der Waals surface area contributed by atoms with Crippen LogP contribution in [0.3, 0.4) is 0 Å². The molecule has 0 saturated heterocycles. The van der Waals surface area contributed by atoms with E-state index in [-0.39, 0.29) is 0 Å². The molecule has 1 aliphatic rings. The second kappa shape index (κ2) is 3.95. The first-order chi connectivity index (χ1) is 7.45. The maximum atomic E-state index is 2.23. The van der Waals surface area contributed by atoms with E-state index in [0.717, 1.165) is 5.75 Å². The number of hydrogen-bond donors (Lipinski definition) is 0. The van der Waals surface area contributed by atoms with Crippen molar-refractivity contribution >= 4 is 34.3 Å². The van der Waals surface area contributed by atoms with E-state index in [1.165, 1.54) is 20.6 Å². The number of rotatable bonds is 0. The van der Waals surface area contributed by atoms with Crippen molar-refractivity contribution in [2.75, 3.05) is 5.75 Å². The predicted octanol–water partition coefficient (Wildman–Crippen LogP) is 4.55. The summed E-state index contributed by atoms with van der Waals surface area (Å²) in [4.78, 5) is 2.77. The van der Waals surface area contributed by atoms with E-state index in [1.54, 1.807) is 0 Å². The molecule has 0 fully saturated rings. The van der Waals surface area contributed by atoms with Crippen molar-refractivity contribution in [3.63, 3.8) is 0 Å². The van der Waals surface area contributed by atoms with Gasteiger partial charge in [-0.2, -0.15) is 0 Å². The Morgan fingerprint density at radius 3 is 2.60 bits per heavy atom. The van der Waals surface area contributed by atoms with Crippen LogP contribution >= 0.6 is 23.5 Å². The van der Waals surface area contributed by atoms with Crippen molar-refractivity contribution in [3.05, 3.63) is 47.9 Å². The van der Waals surface area contributed by atoms with Gasteiger partial charge in [-0.1, -0.05) is 42.1 Å². The second-order valence-corrected chi connectivity index (χ2v) is 5.42. The van der Waals surface area contributed by atoms with Gasteiger partial charge in [0.25, 0.3) is 0 Å². The van der Waals surface area contributed by atoms with Gasteiger partial charge in [0.15, 0.2) is 0 Å². The van der Waals surface area contributed by atoms with Gasteiger partial charge in [-0.25, -0.2) is 0 Å². The van der Waals surface area contributed by atoms with Gasteiger partial charge in [-0.3, -0.25) is 0 Å². The summed E-state index contributed by atoms with van der Waals surface area (Å²) in [5, 5.41) is 4.96. The Morgan fingerprint density at radius 1 is 0.933 bits per heavy atom. The van der Waals surface area contributed by atoms with Gasteiger partial charge in [-0.15, -0.1) is 11.8 Å². The average Bonchev–Trinajstić information content (AvgIpc) is 2.25. The highest BCUT2D eigenvalue weighted by molar-refractivity contribution is 8.03. The van der Waals surface area contributed by atoms with E-state index >= 15 is 0 Å². The molecule has 1 heterocycles. The second-order valence-electron chi connectivity index (χ2n) is 3.41. The third-order valence-corrected chi connectivity index (χ3v) is 4.39. The molecule has 0 N–H and O–H groups in total. The zero-order chi connectivity index (χ0) is 10.1. The molecule has 2 aromatic carbocycles. The van der Waals surface area contributed by atoms with Crippen LogP contribution in [0.15, 0.2) is 57.7 Å². The van der Waals surface area contributed by atoms with Crippen LogP contribution < -0.4 is 0 Å². The molecule has 0 saturated carbocycles. The van der Waals surface area contributed by atoms with Gasteiger partial charge >= 0.3 is 0 Å². The summed E-state index contributed by atoms with van der Waals surface area (Å²) >= 11 is 3.74. The Kier molecular flexibility index (Phi) is 2.47. The van der Waals surface area contributed by atoms with Crippen molar-refractivity contribution in [2.24, 2.45) is 0 Å². The standard InChI is InChI=1S/C13H10S2/c1-4-10-5-2-7-12-13(10)11(6-1)14-8-3-9-15-12/h1-8H,9H2/b8-3-. The van der Waals surface area contributed by atoms with Crippen LogP contribution in [0.2, 0.25) is 0 Å². The molecule has 0 aromatic heterocycles. The highest BCUT2D eigenvalue weighted by Crippen LogP contribution is 2.37. The lowest BCUT2D eigenvalue weighted by Crippen LogP contribution is -1.84. The van der Waals surface area contributed by atoms with Crippen molar-refractivity contribution < 1.29 is 0 Å². The minimum absolute atomic E-state index is 1.07. The summed E-state index contributed by atoms with van der Waals surface area (Å²) in [7, 11) is 0. The van der Waals surface area contributed by atoms with Gasteiger partial charge in [0.1, 0.15) is 0 Å². The summed E-state index contributed by atoms with van der Waals surface area (Å²) in [6.07, 6.45) is 2.23. The molecule has 0 aliphatic carbocycles. The summed E-state index contributed by atoms with van der Waals surface area (Å²) in [5.74, 6) is 1.07. The maximum Gasteiger partial charge on any atom is 0.0205 e. The molecular weight excluding hydrogens is 220 g/mol. The fourth-order valence-corrected chi connectivity index (χ4v) is 3.74. The van der Waals surface area contributed by atoms with E-state index in [9.17, 15) is 0 Å². The SMILES string of the molecule is C1=C\Sc2cccc3cccc(c23)SC/1. The number of thioether (sulfide) groups is 2. The summed E-state index contributed by atoms with van der Waals surface area (Å²) in [6, 6.07) is 13.1. The topological polar surface area (TPSA) is 0 Å². The highest BCUT2D eigenvalue weighted by Gasteiger charge is 2.07. The summed E-state index contributed by atoms with van der Waals surface area (Å²) < 4.78 is 0. The lowest BCUT2D eigenvalue weighted by Gasteiger charge is -2.11. The molecule has 3 rings (SSSR count). The predicted molar refractivity (Wildman–Crippen MR) is 69.7 cm³/mol. The minimum Gasteiger partial charge on any atom is -0.121 e. The van der Waals surface area contributed by atoms with Crippen molar-refractivity contribution in [3.8, 4) is 0 Å². The summed E-state index contributed by atoms with van der Waals surface area (Å²) in [6.45, 7) is 0. The van der Waals surface area contributed by atoms with Crippen molar-refractivity contribution in [1.29, 1.82) is 0 Å². The first kappa shape index (κ1) is 9.37. The summed E-state index contributed by atoms with van der Waals surface area (Å²) in [5.41, 5.74) is 0. The van der Waals surface area contributed by atoms with E-state index in [0.29, 0.717) is 0 Å². The zero-order valence-electron chi connectivity index (χ0n) is 8.14. The number of hydrogen-bond acceptors (Lipinski definition) is 2. The molecule has 0 nitrogen and oxygen atoms in total. The molecular formula is C13H10S2. The molecule has 1 aliphatic heterocycles. The fourth-order valence-electron chi connectivity index (χ4n) is 1.79. The lowest BCUT2D eigenvalue weighted by atomic mass is 10.1. The molecule has 2 aromatic rings. The molecule has 0 radical (unpaired) electrons. The van der Waals surface area contributed by atoms with Gasteiger partial charge in [0.2, 0.25) is 0 Å². The molecule has 74 valence electrons. The molecule has 2 heteroatoms. The molecule has 0 unspecified atom stereocenters. The van der Waals surface area contributed by atoms with Crippen LogP contribution in [0, 0.1) is 0 Å². The normalized spacial score (nSPS) is 17.1. The largest absolute Gasteiger partial charge is 0.121 e. The zero-order valence-corrected chi connectivity index (χ0v) is 9.78. The van der Waals surface area contributed by atoms with Gasteiger partial charge < -0.3 is 0 Å². The number of benzene rings is 2. The van der Waals surface area contributed by atoms with Crippen LogP contribution in [0.5, 0.6) is 0 Å². The van der Waals surface area contributed by atoms with Crippen LogP contribution in [-0.4, -0.2) is 5.75 Å². The molecule has 0 atom stereocenters. The Balaban J connectivity index is 2.36. The van der Waals surface area contributed by atoms with E-state index < -0.39 is 0 Å². The average molecular weight is 230 g/mol. The first-order valence-corrected chi connectivity index (χ1v) is 6.78. The molecule has 0 spiro atoms. The van der Waals surface area contributed by atoms with Crippen LogP contribution in [0.25, 0.3) is 10.8 Å². The third kappa shape index (κ3) is 1.68. The Bertz CT molecular complexity index is 524. The Morgan fingerprint density at radius 2 is 1.73 bits per heavy atom. The minimum atomic E-state index is 1.07. The monoisotopic (exact) mass is 230 g/mol. The molecule has 0 amide bonds. The molecule has 15 heavy (non-hydrogen) atoms. The third-order valence-electron chi connectivity index (χ3n) is 2.45. The van der Waals surface area contributed by atoms with E-state index in [1.807, 2.05) is 23.5 Å².